The number of halogens is 1. The highest BCUT2D eigenvalue weighted by Gasteiger charge is 2.29. The Bertz CT molecular complexity index is 375. The molecular weight excluding hydrogens is 268 g/mol. The number of hydrogen-bond donors (Lipinski definition) is 0. The lowest BCUT2D eigenvalue weighted by Gasteiger charge is -2.39. The van der Waals surface area contributed by atoms with Gasteiger partial charge < -0.3 is 4.74 Å². The van der Waals surface area contributed by atoms with Gasteiger partial charge in [-0.05, 0) is 20.3 Å². The number of hydrogen-bond acceptors (Lipinski definition) is 4. The van der Waals surface area contributed by atoms with Crippen LogP contribution in [-0.2, 0) is 10.6 Å². The van der Waals surface area contributed by atoms with Gasteiger partial charge in [0.05, 0.1) is 29.8 Å². The lowest BCUT2D eigenvalue weighted by Crippen LogP contribution is -2.46. The van der Waals surface area contributed by atoms with Crippen molar-refractivity contribution in [3.05, 3.63) is 16.1 Å². The molecule has 1 saturated heterocycles. The fourth-order valence-electron chi connectivity index (χ4n) is 2.60. The van der Waals surface area contributed by atoms with Gasteiger partial charge in [0.1, 0.15) is 5.01 Å². The molecule has 5 heteroatoms. The van der Waals surface area contributed by atoms with E-state index in [1.54, 1.807) is 11.3 Å². The molecular formula is C13H21ClN2OS. The Balaban J connectivity index is 2.12. The summed E-state index contributed by atoms with van der Waals surface area (Å²) in [4.78, 5) is 7.12. The van der Waals surface area contributed by atoms with E-state index in [0.717, 1.165) is 25.2 Å². The van der Waals surface area contributed by atoms with Gasteiger partial charge >= 0.3 is 0 Å². The minimum atomic E-state index is 0.301. The van der Waals surface area contributed by atoms with Crippen LogP contribution in [0.4, 0.5) is 0 Å². The van der Waals surface area contributed by atoms with Crippen LogP contribution >= 0.6 is 22.9 Å². The van der Waals surface area contributed by atoms with Gasteiger partial charge in [-0.25, -0.2) is 4.98 Å². The highest BCUT2D eigenvalue weighted by molar-refractivity contribution is 7.09. The highest BCUT2D eigenvalue weighted by Crippen LogP contribution is 2.30. The Morgan fingerprint density at radius 1 is 1.50 bits per heavy atom. The average Bonchev–Trinajstić information content (AvgIpc) is 2.77. The van der Waals surface area contributed by atoms with Crippen LogP contribution in [0.25, 0.3) is 0 Å². The number of ether oxygens (including phenoxy) is 1. The van der Waals surface area contributed by atoms with Crippen molar-refractivity contribution in [2.24, 2.45) is 0 Å². The molecule has 0 aromatic carbocycles. The zero-order chi connectivity index (χ0) is 13.1. The number of rotatable bonds is 4. The van der Waals surface area contributed by atoms with Gasteiger partial charge in [-0.15, -0.1) is 22.9 Å². The first-order valence-electron chi connectivity index (χ1n) is 6.53. The van der Waals surface area contributed by atoms with Gasteiger partial charge in [0.2, 0.25) is 0 Å². The Morgan fingerprint density at radius 3 is 2.67 bits per heavy atom. The summed E-state index contributed by atoms with van der Waals surface area (Å²) in [5.74, 6) is 0.503. The largest absolute Gasteiger partial charge is 0.373 e. The fraction of sp³-hybridized carbons (Fsp3) is 0.769. The van der Waals surface area contributed by atoms with E-state index >= 15 is 0 Å². The van der Waals surface area contributed by atoms with Crippen molar-refractivity contribution in [1.29, 1.82) is 0 Å². The van der Waals surface area contributed by atoms with Crippen molar-refractivity contribution < 1.29 is 4.74 Å². The van der Waals surface area contributed by atoms with E-state index in [1.165, 1.54) is 5.01 Å². The molecule has 3 atom stereocenters. The second-order valence-electron chi connectivity index (χ2n) is 4.95. The van der Waals surface area contributed by atoms with Gasteiger partial charge in [-0.2, -0.15) is 0 Å². The molecule has 0 saturated carbocycles. The van der Waals surface area contributed by atoms with Crippen LogP contribution in [0.1, 0.15) is 43.9 Å². The third-order valence-corrected chi connectivity index (χ3v) is 4.54. The van der Waals surface area contributed by atoms with Crippen molar-refractivity contribution in [3.63, 3.8) is 0 Å². The summed E-state index contributed by atoms with van der Waals surface area (Å²) in [5, 5.41) is 3.26. The fourth-order valence-corrected chi connectivity index (χ4v) is 3.86. The van der Waals surface area contributed by atoms with Gasteiger partial charge in [-0.1, -0.05) is 6.92 Å². The lowest BCUT2D eigenvalue weighted by molar-refractivity contribution is -0.0814. The van der Waals surface area contributed by atoms with Crippen molar-refractivity contribution in [1.82, 2.24) is 9.88 Å². The van der Waals surface area contributed by atoms with Crippen LogP contribution in [0.15, 0.2) is 5.38 Å². The maximum absolute atomic E-state index is 5.83. The minimum Gasteiger partial charge on any atom is -0.373 e. The molecule has 1 aromatic rings. The molecule has 0 aliphatic carbocycles. The third kappa shape index (κ3) is 3.23. The molecule has 1 aliphatic rings. The summed E-state index contributed by atoms with van der Waals surface area (Å²) in [7, 11) is 0. The third-order valence-electron chi connectivity index (χ3n) is 3.27. The maximum Gasteiger partial charge on any atom is 0.110 e. The Labute approximate surface area is 118 Å². The molecule has 1 aliphatic heterocycles. The van der Waals surface area contributed by atoms with Crippen LogP contribution in [0, 0.1) is 0 Å². The van der Waals surface area contributed by atoms with E-state index in [0.29, 0.717) is 24.1 Å². The highest BCUT2D eigenvalue weighted by atomic mass is 35.5. The molecule has 0 bridgehead atoms. The lowest BCUT2D eigenvalue weighted by atomic mass is 10.1. The Kier molecular flexibility index (Phi) is 5.01. The zero-order valence-electron chi connectivity index (χ0n) is 11.2. The molecule has 0 amide bonds. The van der Waals surface area contributed by atoms with E-state index in [2.05, 4.69) is 36.0 Å². The molecule has 18 heavy (non-hydrogen) atoms. The number of morpholine rings is 1. The molecule has 2 heterocycles. The molecule has 0 radical (unpaired) electrons. The first-order chi connectivity index (χ1) is 8.63. The molecule has 3 nitrogen and oxygen atoms in total. The van der Waals surface area contributed by atoms with E-state index in [9.17, 15) is 0 Å². The van der Waals surface area contributed by atoms with Crippen LogP contribution in [0.5, 0.6) is 0 Å². The first-order valence-corrected chi connectivity index (χ1v) is 7.95. The monoisotopic (exact) mass is 288 g/mol. The molecule has 3 unspecified atom stereocenters. The summed E-state index contributed by atoms with van der Waals surface area (Å²) in [6, 6.07) is 0.403. The van der Waals surface area contributed by atoms with Gasteiger partial charge in [0, 0.05) is 18.5 Å². The number of alkyl halides is 1. The normalized spacial score (nSPS) is 27.3. The Hall–Kier alpha value is -0.160. The average molecular weight is 289 g/mol. The number of aromatic nitrogens is 1. The van der Waals surface area contributed by atoms with Crippen molar-refractivity contribution in [2.75, 3.05) is 13.1 Å². The predicted octanol–water partition coefficient (Wildman–Crippen LogP) is 3.44. The van der Waals surface area contributed by atoms with Crippen molar-refractivity contribution in [2.45, 2.75) is 51.3 Å². The minimum absolute atomic E-state index is 0.301. The van der Waals surface area contributed by atoms with Gasteiger partial charge in [-0.3, -0.25) is 4.90 Å². The van der Waals surface area contributed by atoms with E-state index in [1.807, 2.05) is 0 Å². The Morgan fingerprint density at radius 2 is 2.17 bits per heavy atom. The maximum atomic E-state index is 5.83. The number of thiazole rings is 1. The molecule has 1 aromatic heterocycles. The standard InChI is InChI=1S/C13H21ClN2OS/c1-4-12(13-15-11(5-14)8-18-13)16-6-9(2)17-10(3)7-16/h8-10,12H,4-7H2,1-3H3. The SMILES string of the molecule is CCC(c1nc(CCl)cs1)N1CC(C)OC(C)C1. The summed E-state index contributed by atoms with van der Waals surface area (Å²) < 4.78 is 5.79. The second kappa shape index (κ2) is 6.33. The quantitative estimate of drug-likeness (QED) is 0.794. The molecule has 1 fully saturated rings. The molecule has 0 N–H and O–H groups in total. The zero-order valence-corrected chi connectivity index (χ0v) is 12.8. The van der Waals surface area contributed by atoms with E-state index in [4.69, 9.17) is 16.3 Å². The van der Waals surface area contributed by atoms with E-state index < -0.39 is 0 Å². The van der Waals surface area contributed by atoms with Crippen LogP contribution in [0.3, 0.4) is 0 Å². The topological polar surface area (TPSA) is 25.4 Å². The molecule has 102 valence electrons. The number of nitrogens with zero attached hydrogens (tertiary/aromatic N) is 2. The molecule has 2 rings (SSSR count). The van der Waals surface area contributed by atoms with Crippen LogP contribution < -0.4 is 0 Å². The molecule has 0 spiro atoms. The summed E-state index contributed by atoms with van der Waals surface area (Å²) >= 11 is 7.56. The summed E-state index contributed by atoms with van der Waals surface area (Å²) in [6.07, 6.45) is 1.68. The second-order valence-corrected chi connectivity index (χ2v) is 6.10. The summed E-state index contributed by atoms with van der Waals surface area (Å²) in [6.45, 7) is 8.47. The first kappa shape index (κ1) is 14.3. The van der Waals surface area contributed by atoms with Crippen molar-refractivity contribution in [3.8, 4) is 0 Å². The van der Waals surface area contributed by atoms with Crippen LogP contribution in [-0.4, -0.2) is 35.2 Å². The van der Waals surface area contributed by atoms with Crippen LogP contribution in [0.2, 0.25) is 0 Å². The van der Waals surface area contributed by atoms with E-state index in [-0.39, 0.29) is 0 Å². The summed E-state index contributed by atoms with van der Waals surface area (Å²) in [5.41, 5.74) is 0.990. The van der Waals surface area contributed by atoms with Crippen molar-refractivity contribution >= 4 is 22.9 Å². The van der Waals surface area contributed by atoms with Gasteiger partial charge in [0.25, 0.3) is 0 Å². The predicted molar refractivity (Wildman–Crippen MR) is 76.3 cm³/mol. The van der Waals surface area contributed by atoms with Gasteiger partial charge in [0.15, 0.2) is 0 Å². The smallest absolute Gasteiger partial charge is 0.110 e.